The molecule has 0 unspecified atom stereocenters. The number of aryl methyl sites for hydroxylation is 3. The van der Waals surface area contributed by atoms with E-state index in [0.717, 1.165) is 0 Å². The number of nitrogens with one attached hydrogen (secondary N) is 1. The number of carbonyl (C=O) groups excluding carboxylic acids is 1. The number of aromatic nitrogens is 3. The molecule has 0 spiro atoms. The van der Waals surface area contributed by atoms with Crippen molar-refractivity contribution in [3.8, 4) is 17.0 Å². The normalized spacial score (nSPS) is 10.9. The first-order valence-electron chi connectivity index (χ1n) is 9.55. The summed E-state index contributed by atoms with van der Waals surface area (Å²) in [5, 5.41) is 18.4. The van der Waals surface area contributed by atoms with Crippen molar-refractivity contribution in [2.24, 2.45) is 12.8 Å². The number of benzene rings is 1. The smallest absolute Gasteiger partial charge is 0.490 e. The summed E-state index contributed by atoms with van der Waals surface area (Å²) in [5.41, 5.74) is 8.44. The van der Waals surface area contributed by atoms with Gasteiger partial charge in [0.05, 0.1) is 22.6 Å². The zero-order valence-corrected chi connectivity index (χ0v) is 19.0. The fourth-order valence-corrected chi connectivity index (χ4v) is 3.07. The lowest BCUT2D eigenvalue weighted by molar-refractivity contribution is -0.192. The van der Waals surface area contributed by atoms with Crippen molar-refractivity contribution in [2.45, 2.75) is 20.0 Å². The average Bonchev–Trinajstić information content (AvgIpc) is 3.26. The lowest BCUT2D eigenvalue weighted by Gasteiger charge is -2.14. The number of nitrogens with zero attached hydrogens (tertiary/aromatic N) is 3. The number of amides is 1. The molecule has 3 aromatic rings. The van der Waals surface area contributed by atoms with Gasteiger partial charge >= 0.3 is 12.1 Å². The third-order valence-electron chi connectivity index (χ3n) is 4.27. The van der Waals surface area contributed by atoms with E-state index in [4.69, 9.17) is 36.5 Å². The maximum Gasteiger partial charge on any atom is 0.490 e. The molecule has 1 aromatic carbocycles. The van der Waals surface area contributed by atoms with Crippen LogP contribution >= 0.6 is 11.6 Å². The number of carboxylic acid groups (broad SMARTS) is 1. The minimum absolute atomic E-state index is 0.302. The Bertz CT molecular complexity index is 1140. The molecule has 0 atom stereocenters. The van der Waals surface area contributed by atoms with Gasteiger partial charge in [0.2, 0.25) is 0 Å². The summed E-state index contributed by atoms with van der Waals surface area (Å²) in [5.74, 6) is -2.00. The summed E-state index contributed by atoms with van der Waals surface area (Å²) in [7, 11) is 1.78. The highest BCUT2D eigenvalue weighted by Crippen LogP contribution is 2.36. The monoisotopic (exact) mass is 503 g/mol. The van der Waals surface area contributed by atoms with Gasteiger partial charge in [0.15, 0.2) is 0 Å². The zero-order chi connectivity index (χ0) is 25.6. The third-order valence-corrected chi connectivity index (χ3v) is 4.54. The lowest BCUT2D eigenvalue weighted by Crippen LogP contribution is -2.21. The molecule has 0 bridgehead atoms. The molecule has 0 saturated carbocycles. The predicted molar refractivity (Wildman–Crippen MR) is 116 cm³/mol. The standard InChI is InChI=1S/C18H20ClN5O3.C2HF3O2/c1-10-16(11(2)27-23-10)18(25)22-12-4-5-15(26-7-6-20)13(8-12)17-14(19)9-21-24(17)3;3-2(4,5)1(6)7/h4-5,8-9H,6-7,20H2,1-3H3,(H,22,25);(H,6,7). The Morgan fingerprint density at radius 3 is 2.44 bits per heavy atom. The molecule has 0 aliphatic carbocycles. The Hall–Kier alpha value is -3.58. The van der Waals surface area contributed by atoms with Crippen LogP contribution in [0.2, 0.25) is 5.02 Å². The maximum absolute atomic E-state index is 12.6. The van der Waals surface area contributed by atoms with Gasteiger partial charge in [-0.25, -0.2) is 4.79 Å². The van der Waals surface area contributed by atoms with Crippen molar-refractivity contribution in [3.63, 3.8) is 0 Å². The number of alkyl halides is 3. The van der Waals surface area contributed by atoms with Crippen molar-refractivity contribution in [3.05, 3.63) is 46.4 Å². The quantitative estimate of drug-likeness (QED) is 0.463. The Morgan fingerprint density at radius 1 is 1.32 bits per heavy atom. The Labute approximate surface area is 196 Å². The summed E-state index contributed by atoms with van der Waals surface area (Å²) in [6, 6.07) is 5.29. The maximum atomic E-state index is 12.6. The van der Waals surface area contributed by atoms with E-state index in [9.17, 15) is 18.0 Å². The van der Waals surface area contributed by atoms with Crippen LogP contribution in [0.25, 0.3) is 11.3 Å². The molecule has 0 radical (unpaired) electrons. The van der Waals surface area contributed by atoms with Crippen LogP contribution in [0.15, 0.2) is 28.9 Å². The molecule has 0 aliphatic heterocycles. The van der Waals surface area contributed by atoms with Crippen molar-refractivity contribution < 1.29 is 37.1 Å². The average molecular weight is 504 g/mol. The van der Waals surface area contributed by atoms with Gasteiger partial charge in [-0.1, -0.05) is 16.8 Å². The fourth-order valence-electron chi connectivity index (χ4n) is 2.80. The number of halogens is 4. The van der Waals surface area contributed by atoms with Crippen molar-refractivity contribution >= 4 is 29.2 Å². The van der Waals surface area contributed by atoms with E-state index in [2.05, 4.69) is 15.6 Å². The summed E-state index contributed by atoms with van der Waals surface area (Å²) < 4.78 is 44.2. The number of aliphatic carboxylic acids is 1. The topological polar surface area (TPSA) is 145 Å². The van der Waals surface area contributed by atoms with Gasteiger partial charge in [-0.3, -0.25) is 9.48 Å². The van der Waals surface area contributed by atoms with Gasteiger partial charge in [-0.2, -0.15) is 18.3 Å². The Balaban J connectivity index is 0.000000509. The second kappa shape index (κ2) is 11.0. The molecule has 4 N–H and O–H groups in total. The number of ether oxygens (including phenoxy) is 1. The number of rotatable bonds is 6. The van der Waals surface area contributed by atoms with Crippen LogP contribution in [0.1, 0.15) is 21.8 Å². The van der Waals surface area contributed by atoms with E-state index >= 15 is 0 Å². The van der Waals surface area contributed by atoms with Crippen LogP contribution in [0.5, 0.6) is 5.75 Å². The van der Waals surface area contributed by atoms with Crippen LogP contribution in [0, 0.1) is 13.8 Å². The number of carboxylic acids is 1. The second-order valence-electron chi connectivity index (χ2n) is 6.77. The van der Waals surface area contributed by atoms with E-state index in [0.29, 0.717) is 57.9 Å². The zero-order valence-electron chi connectivity index (χ0n) is 18.2. The first kappa shape index (κ1) is 26.7. The van der Waals surface area contributed by atoms with Gasteiger partial charge in [0.25, 0.3) is 5.91 Å². The van der Waals surface area contributed by atoms with Crippen LogP contribution in [-0.2, 0) is 11.8 Å². The molecule has 0 saturated heterocycles. The van der Waals surface area contributed by atoms with Gasteiger partial charge in [-0.15, -0.1) is 0 Å². The highest BCUT2D eigenvalue weighted by atomic mass is 35.5. The summed E-state index contributed by atoms with van der Waals surface area (Å²) in [6.07, 6.45) is -3.53. The molecule has 1 amide bonds. The minimum Gasteiger partial charge on any atom is -0.492 e. The summed E-state index contributed by atoms with van der Waals surface area (Å²) >= 11 is 6.29. The van der Waals surface area contributed by atoms with E-state index in [1.54, 1.807) is 50.0 Å². The molecule has 184 valence electrons. The molecule has 2 aromatic heterocycles. The Morgan fingerprint density at radius 2 is 1.97 bits per heavy atom. The molecule has 0 fully saturated rings. The third kappa shape index (κ3) is 6.48. The molecular formula is C20H21ClF3N5O5. The van der Waals surface area contributed by atoms with Crippen LogP contribution in [0.4, 0.5) is 18.9 Å². The number of nitrogens with two attached hydrogens (primary N) is 1. The van der Waals surface area contributed by atoms with Crippen LogP contribution in [-0.4, -0.2) is 51.2 Å². The highest BCUT2D eigenvalue weighted by Gasteiger charge is 2.38. The van der Waals surface area contributed by atoms with Crippen molar-refractivity contribution in [1.29, 1.82) is 0 Å². The molecular weight excluding hydrogens is 483 g/mol. The SMILES string of the molecule is Cc1noc(C)c1C(=O)Nc1ccc(OCCN)c(-c2c(Cl)cnn2C)c1.O=C(O)C(F)(F)F. The van der Waals surface area contributed by atoms with E-state index < -0.39 is 12.1 Å². The molecule has 0 aliphatic rings. The highest BCUT2D eigenvalue weighted by molar-refractivity contribution is 6.33. The van der Waals surface area contributed by atoms with Gasteiger partial charge in [-0.05, 0) is 32.0 Å². The molecule has 14 heteroatoms. The van der Waals surface area contributed by atoms with Gasteiger partial charge in [0.1, 0.15) is 23.7 Å². The molecule has 10 nitrogen and oxygen atoms in total. The first-order valence-corrected chi connectivity index (χ1v) is 9.93. The molecule has 3 rings (SSSR count). The molecule has 2 heterocycles. The minimum atomic E-state index is -5.08. The molecule has 34 heavy (non-hydrogen) atoms. The lowest BCUT2D eigenvalue weighted by atomic mass is 10.1. The number of hydrogen-bond donors (Lipinski definition) is 3. The summed E-state index contributed by atoms with van der Waals surface area (Å²) in [6.45, 7) is 4.14. The van der Waals surface area contributed by atoms with Crippen LogP contribution < -0.4 is 15.8 Å². The number of hydrogen-bond acceptors (Lipinski definition) is 7. The number of anilines is 1. The number of carbonyl (C=O) groups is 2. The van der Waals surface area contributed by atoms with E-state index in [1.807, 2.05) is 0 Å². The second-order valence-corrected chi connectivity index (χ2v) is 7.18. The fraction of sp³-hybridized carbons (Fsp3) is 0.300. The largest absolute Gasteiger partial charge is 0.492 e. The predicted octanol–water partition coefficient (Wildman–Crippen LogP) is 3.57. The van der Waals surface area contributed by atoms with Crippen molar-refractivity contribution in [1.82, 2.24) is 14.9 Å². The van der Waals surface area contributed by atoms with Crippen molar-refractivity contribution in [2.75, 3.05) is 18.5 Å². The van der Waals surface area contributed by atoms with E-state index in [1.165, 1.54) is 0 Å². The van der Waals surface area contributed by atoms with Crippen LogP contribution in [0.3, 0.4) is 0 Å². The van der Waals surface area contributed by atoms with Gasteiger partial charge in [0, 0.05) is 24.8 Å². The first-order chi connectivity index (χ1) is 15.9. The van der Waals surface area contributed by atoms with Gasteiger partial charge < -0.3 is 25.4 Å². The summed E-state index contributed by atoms with van der Waals surface area (Å²) in [4.78, 5) is 21.5. The van der Waals surface area contributed by atoms with E-state index in [-0.39, 0.29) is 5.91 Å². The Kier molecular flexibility index (Phi) is 8.65.